The van der Waals surface area contributed by atoms with Gasteiger partial charge < -0.3 is 14.8 Å². The first kappa shape index (κ1) is 11.6. The maximum atomic E-state index is 9.96. The third-order valence-electron chi connectivity index (χ3n) is 3.17. The van der Waals surface area contributed by atoms with E-state index in [4.69, 9.17) is 4.74 Å². The number of methoxy groups -OCH3 is 1. The summed E-state index contributed by atoms with van der Waals surface area (Å²) in [6, 6.07) is 11.0. The normalized spacial score (nSPS) is 10.8. The third kappa shape index (κ3) is 1.91. The van der Waals surface area contributed by atoms with Crippen molar-refractivity contribution in [2.45, 2.75) is 6.92 Å². The molecule has 0 radical (unpaired) electrons. The molecule has 0 atom stereocenters. The number of phenols is 1. The van der Waals surface area contributed by atoms with E-state index < -0.39 is 0 Å². The molecule has 0 saturated carbocycles. The molecule has 19 heavy (non-hydrogen) atoms. The van der Waals surface area contributed by atoms with E-state index in [1.165, 1.54) is 0 Å². The summed E-state index contributed by atoms with van der Waals surface area (Å²) < 4.78 is 5.18. The molecule has 1 heterocycles. The van der Waals surface area contributed by atoms with E-state index in [1.54, 1.807) is 25.3 Å². The number of nitrogens with one attached hydrogen (secondary N) is 1. The lowest BCUT2D eigenvalue weighted by atomic mass is 10.2. The first-order valence-electron chi connectivity index (χ1n) is 6.02. The summed E-state index contributed by atoms with van der Waals surface area (Å²) >= 11 is 0. The number of aromatic nitrogens is 2. The molecule has 4 heteroatoms. The smallest absolute Gasteiger partial charge is 0.142 e. The fraction of sp³-hybridized carbons (Fsp3) is 0.133. The van der Waals surface area contributed by atoms with Gasteiger partial charge in [-0.05, 0) is 36.8 Å². The second-order valence-electron chi connectivity index (χ2n) is 4.44. The molecular weight excluding hydrogens is 240 g/mol. The van der Waals surface area contributed by atoms with Crippen LogP contribution in [0.25, 0.3) is 22.4 Å². The molecule has 0 amide bonds. The third-order valence-corrected chi connectivity index (χ3v) is 3.17. The zero-order valence-corrected chi connectivity index (χ0v) is 10.8. The molecule has 3 aromatic rings. The molecule has 3 rings (SSSR count). The SMILES string of the molecule is COc1ccc(O)c(-c2nc3c(C)cccc3[nH]2)c1. The molecule has 4 nitrogen and oxygen atoms in total. The summed E-state index contributed by atoms with van der Waals surface area (Å²) in [6.45, 7) is 2.01. The second kappa shape index (κ2) is 4.31. The van der Waals surface area contributed by atoms with Crippen molar-refractivity contribution < 1.29 is 9.84 Å². The van der Waals surface area contributed by atoms with Crippen LogP contribution in [-0.4, -0.2) is 22.2 Å². The van der Waals surface area contributed by atoms with E-state index in [2.05, 4.69) is 9.97 Å². The van der Waals surface area contributed by atoms with Gasteiger partial charge in [0.2, 0.25) is 0 Å². The van der Waals surface area contributed by atoms with Crippen LogP contribution in [0.15, 0.2) is 36.4 Å². The van der Waals surface area contributed by atoms with Crippen LogP contribution in [0.3, 0.4) is 0 Å². The Hall–Kier alpha value is -2.49. The Bertz CT molecular complexity index is 747. The molecule has 0 fully saturated rings. The number of hydrogen-bond acceptors (Lipinski definition) is 3. The van der Waals surface area contributed by atoms with Gasteiger partial charge in [-0.15, -0.1) is 0 Å². The lowest BCUT2D eigenvalue weighted by Crippen LogP contribution is -1.86. The van der Waals surface area contributed by atoms with E-state index in [-0.39, 0.29) is 5.75 Å². The van der Waals surface area contributed by atoms with E-state index in [1.807, 2.05) is 25.1 Å². The van der Waals surface area contributed by atoms with Crippen molar-refractivity contribution in [1.82, 2.24) is 9.97 Å². The number of aromatic amines is 1. The van der Waals surface area contributed by atoms with Crippen LogP contribution >= 0.6 is 0 Å². The van der Waals surface area contributed by atoms with Crippen LogP contribution in [0.4, 0.5) is 0 Å². The van der Waals surface area contributed by atoms with Gasteiger partial charge in [-0.25, -0.2) is 4.98 Å². The first-order valence-corrected chi connectivity index (χ1v) is 6.02. The Morgan fingerprint density at radius 1 is 1.21 bits per heavy atom. The summed E-state index contributed by atoms with van der Waals surface area (Å²) in [6.07, 6.45) is 0. The number of rotatable bonds is 2. The Balaban J connectivity index is 2.21. The highest BCUT2D eigenvalue weighted by atomic mass is 16.5. The van der Waals surface area contributed by atoms with Crippen molar-refractivity contribution in [3.8, 4) is 22.9 Å². The number of ether oxygens (including phenoxy) is 1. The van der Waals surface area contributed by atoms with Gasteiger partial charge in [0, 0.05) is 0 Å². The van der Waals surface area contributed by atoms with Gasteiger partial charge in [0.05, 0.1) is 23.7 Å². The van der Waals surface area contributed by atoms with Crippen LogP contribution in [0.1, 0.15) is 5.56 Å². The van der Waals surface area contributed by atoms with Gasteiger partial charge >= 0.3 is 0 Å². The molecule has 0 aliphatic rings. The maximum Gasteiger partial charge on any atom is 0.142 e. The molecule has 96 valence electrons. The van der Waals surface area contributed by atoms with Crippen LogP contribution in [0.5, 0.6) is 11.5 Å². The number of phenolic OH excluding ortho intramolecular Hbond substituents is 1. The van der Waals surface area contributed by atoms with Crippen LogP contribution in [0, 0.1) is 6.92 Å². The standard InChI is InChI=1S/C15H14N2O2/c1-9-4-3-5-12-14(9)17-15(16-12)11-8-10(19-2)6-7-13(11)18/h3-8,18H,1-2H3,(H,16,17). The summed E-state index contributed by atoms with van der Waals surface area (Å²) in [7, 11) is 1.60. The average molecular weight is 254 g/mol. The van der Waals surface area contributed by atoms with E-state index in [9.17, 15) is 5.11 Å². The monoisotopic (exact) mass is 254 g/mol. The fourth-order valence-corrected chi connectivity index (χ4v) is 2.13. The number of fused-ring (bicyclic) bond motifs is 1. The van der Waals surface area contributed by atoms with Gasteiger partial charge in [0.25, 0.3) is 0 Å². The van der Waals surface area contributed by atoms with E-state index in [0.29, 0.717) is 17.1 Å². The Morgan fingerprint density at radius 3 is 2.79 bits per heavy atom. The Morgan fingerprint density at radius 2 is 2.05 bits per heavy atom. The van der Waals surface area contributed by atoms with E-state index >= 15 is 0 Å². The van der Waals surface area contributed by atoms with Gasteiger partial charge in [-0.2, -0.15) is 0 Å². The molecule has 0 bridgehead atoms. The highest BCUT2D eigenvalue weighted by Gasteiger charge is 2.11. The van der Waals surface area contributed by atoms with Crippen molar-refractivity contribution in [2.75, 3.05) is 7.11 Å². The summed E-state index contributed by atoms with van der Waals surface area (Å²) in [5, 5.41) is 9.96. The Kier molecular flexibility index (Phi) is 2.63. The van der Waals surface area contributed by atoms with Crippen molar-refractivity contribution in [3.63, 3.8) is 0 Å². The lowest BCUT2D eigenvalue weighted by molar-refractivity contribution is 0.412. The molecule has 1 aromatic heterocycles. The maximum absolute atomic E-state index is 9.96. The predicted molar refractivity (Wildman–Crippen MR) is 74.5 cm³/mol. The van der Waals surface area contributed by atoms with Gasteiger partial charge in [0.15, 0.2) is 0 Å². The highest BCUT2D eigenvalue weighted by molar-refractivity contribution is 5.83. The lowest BCUT2D eigenvalue weighted by Gasteiger charge is -2.04. The van der Waals surface area contributed by atoms with Crippen LogP contribution in [0.2, 0.25) is 0 Å². The number of aryl methyl sites for hydroxylation is 1. The van der Waals surface area contributed by atoms with Gasteiger partial charge in [-0.1, -0.05) is 12.1 Å². The molecular formula is C15H14N2O2. The minimum Gasteiger partial charge on any atom is -0.507 e. The zero-order chi connectivity index (χ0) is 13.4. The molecule has 0 aliphatic carbocycles. The Labute approximate surface area is 110 Å². The fourth-order valence-electron chi connectivity index (χ4n) is 2.13. The summed E-state index contributed by atoms with van der Waals surface area (Å²) in [5.74, 6) is 1.50. The predicted octanol–water partition coefficient (Wildman–Crippen LogP) is 3.25. The number of H-pyrrole nitrogens is 1. The minimum absolute atomic E-state index is 0.178. The number of nitrogens with zero attached hydrogens (tertiary/aromatic N) is 1. The molecule has 0 spiro atoms. The minimum atomic E-state index is 0.178. The van der Waals surface area contributed by atoms with Crippen molar-refractivity contribution in [1.29, 1.82) is 0 Å². The van der Waals surface area contributed by atoms with Crippen molar-refractivity contribution in [2.24, 2.45) is 0 Å². The molecule has 0 unspecified atom stereocenters. The molecule has 2 aromatic carbocycles. The van der Waals surface area contributed by atoms with Crippen LogP contribution < -0.4 is 4.74 Å². The van der Waals surface area contributed by atoms with E-state index in [0.717, 1.165) is 16.6 Å². The van der Waals surface area contributed by atoms with Crippen molar-refractivity contribution >= 4 is 11.0 Å². The highest BCUT2D eigenvalue weighted by Crippen LogP contribution is 2.32. The second-order valence-corrected chi connectivity index (χ2v) is 4.44. The number of benzene rings is 2. The number of aromatic hydroxyl groups is 1. The van der Waals surface area contributed by atoms with Crippen molar-refractivity contribution in [3.05, 3.63) is 42.0 Å². The number of para-hydroxylation sites is 1. The number of imidazole rings is 1. The molecule has 0 saturated heterocycles. The summed E-state index contributed by atoms with van der Waals surface area (Å²) in [5.41, 5.74) is 3.61. The number of hydrogen-bond donors (Lipinski definition) is 2. The van der Waals surface area contributed by atoms with Crippen LogP contribution in [-0.2, 0) is 0 Å². The summed E-state index contributed by atoms with van der Waals surface area (Å²) in [4.78, 5) is 7.77. The molecule has 0 aliphatic heterocycles. The van der Waals surface area contributed by atoms with Gasteiger partial charge in [-0.3, -0.25) is 0 Å². The quantitative estimate of drug-likeness (QED) is 0.738. The zero-order valence-electron chi connectivity index (χ0n) is 10.8. The largest absolute Gasteiger partial charge is 0.507 e. The van der Waals surface area contributed by atoms with Gasteiger partial charge in [0.1, 0.15) is 17.3 Å². The first-order chi connectivity index (χ1) is 9.19. The molecule has 2 N–H and O–H groups in total. The topological polar surface area (TPSA) is 58.1 Å². The average Bonchev–Trinajstić information content (AvgIpc) is 2.84.